The largest absolute Gasteiger partial charge is 0.496 e. The zero-order valence-electron chi connectivity index (χ0n) is 11.5. The second-order valence-corrected chi connectivity index (χ2v) is 4.99. The van der Waals surface area contributed by atoms with Crippen LogP contribution >= 0.6 is 15.9 Å². The predicted octanol–water partition coefficient (Wildman–Crippen LogP) is 2.97. The third-order valence-electron chi connectivity index (χ3n) is 2.73. The van der Waals surface area contributed by atoms with Gasteiger partial charge in [0.15, 0.2) is 0 Å². The van der Waals surface area contributed by atoms with E-state index >= 15 is 0 Å². The summed E-state index contributed by atoms with van der Waals surface area (Å²) in [6, 6.07) is 6.93. The summed E-state index contributed by atoms with van der Waals surface area (Å²) in [4.78, 5) is 15.9. The van der Waals surface area contributed by atoms with E-state index in [1.54, 1.807) is 13.2 Å². The number of nitrogens with two attached hydrogens (primary N) is 1. The number of ether oxygens (including phenoxy) is 2. The molecule has 0 saturated heterocycles. The van der Waals surface area contributed by atoms with Gasteiger partial charge in [-0.25, -0.2) is 9.78 Å². The molecule has 0 atom stereocenters. The third kappa shape index (κ3) is 3.43. The molecule has 110 valence electrons. The van der Waals surface area contributed by atoms with Gasteiger partial charge in [-0.15, -0.1) is 0 Å². The molecular formula is C14H14BrN3O3. The maximum atomic E-state index is 11.8. The first-order valence-corrected chi connectivity index (χ1v) is 6.79. The van der Waals surface area contributed by atoms with Crippen LogP contribution in [0.5, 0.6) is 5.75 Å². The second-order valence-electron chi connectivity index (χ2n) is 4.13. The van der Waals surface area contributed by atoms with Crippen molar-refractivity contribution in [2.45, 2.75) is 0 Å². The highest BCUT2D eigenvalue weighted by atomic mass is 79.9. The molecule has 0 radical (unpaired) electrons. The SMILES string of the molecule is COC(=O)c1cc(N)cnc1Nc1ccc(OC)c(Br)c1. The highest BCUT2D eigenvalue weighted by Gasteiger charge is 2.14. The van der Waals surface area contributed by atoms with Crippen LogP contribution in [0.3, 0.4) is 0 Å². The number of halogens is 1. The first-order valence-electron chi connectivity index (χ1n) is 5.99. The van der Waals surface area contributed by atoms with Gasteiger partial charge in [0.25, 0.3) is 0 Å². The third-order valence-corrected chi connectivity index (χ3v) is 3.35. The smallest absolute Gasteiger partial charge is 0.341 e. The second kappa shape index (κ2) is 6.45. The van der Waals surface area contributed by atoms with E-state index in [4.69, 9.17) is 15.2 Å². The number of rotatable bonds is 4. The number of hydrogen-bond acceptors (Lipinski definition) is 6. The standard InChI is InChI=1S/C14H14BrN3O3/c1-20-12-4-3-9(6-11(12)15)18-13-10(14(19)21-2)5-8(16)7-17-13/h3-7H,16H2,1-2H3,(H,17,18). The summed E-state index contributed by atoms with van der Waals surface area (Å²) in [5.74, 6) is 0.567. The average Bonchev–Trinajstić information content (AvgIpc) is 2.48. The van der Waals surface area contributed by atoms with Crippen LogP contribution in [0.2, 0.25) is 0 Å². The zero-order chi connectivity index (χ0) is 15.4. The number of anilines is 3. The lowest BCUT2D eigenvalue weighted by molar-refractivity contribution is 0.0601. The van der Waals surface area contributed by atoms with Gasteiger partial charge in [0, 0.05) is 5.69 Å². The van der Waals surface area contributed by atoms with E-state index < -0.39 is 5.97 Å². The molecular weight excluding hydrogens is 338 g/mol. The lowest BCUT2D eigenvalue weighted by Crippen LogP contribution is -2.08. The van der Waals surface area contributed by atoms with Gasteiger partial charge < -0.3 is 20.5 Å². The lowest BCUT2D eigenvalue weighted by atomic mass is 10.2. The van der Waals surface area contributed by atoms with Crippen LogP contribution in [0.25, 0.3) is 0 Å². The highest BCUT2D eigenvalue weighted by molar-refractivity contribution is 9.10. The number of carbonyl (C=O) groups is 1. The number of benzene rings is 1. The molecule has 0 fully saturated rings. The minimum atomic E-state index is -0.509. The Kier molecular flexibility index (Phi) is 4.64. The number of esters is 1. The van der Waals surface area contributed by atoms with E-state index in [-0.39, 0.29) is 5.56 Å². The monoisotopic (exact) mass is 351 g/mol. The molecule has 0 aliphatic heterocycles. The zero-order valence-corrected chi connectivity index (χ0v) is 13.1. The molecule has 0 aliphatic carbocycles. The molecule has 21 heavy (non-hydrogen) atoms. The highest BCUT2D eigenvalue weighted by Crippen LogP contribution is 2.29. The number of nitrogens with zero attached hydrogens (tertiary/aromatic N) is 1. The summed E-state index contributed by atoms with van der Waals surface area (Å²) < 4.78 is 10.7. The lowest BCUT2D eigenvalue weighted by Gasteiger charge is -2.11. The first kappa shape index (κ1) is 15.1. The van der Waals surface area contributed by atoms with Crippen molar-refractivity contribution in [3.63, 3.8) is 0 Å². The van der Waals surface area contributed by atoms with Gasteiger partial charge in [-0.05, 0) is 40.2 Å². The Hall–Kier alpha value is -2.28. The average molecular weight is 352 g/mol. The van der Waals surface area contributed by atoms with Gasteiger partial charge in [0.1, 0.15) is 17.1 Å². The van der Waals surface area contributed by atoms with Crippen LogP contribution in [-0.2, 0) is 4.74 Å². The predicted molar refractivity (Wildman–Crippen MR) is 84.0 cm³/mol. The van der Waals surface area contributed by atoms with Gasteiger partial charge in [-0.2, -0.15) is 0 Å². The van der Waals surface area contributed by atoms with Crippen molar-refractivity contribution in [3.8, 4) is 5.75 Å². The van der Waals surface area contributed by atoms with E-state index in [9.17, 15) is 4.79 Å². The molecule has 0 saturated carbocycles. The van der Waals surface area contributed by atoms with Gasteiger partial charge in [-0.1, -0.05) is 0 Å². The number of aromatic nitrogens is 1. The van der Waals surface area contributed by atoms with Crippen LogP contribution in [0.4, 0.5) is 17.2 Å². The Morgan fingerprint density at radius 1 is 1.33 bits per heavy atom. The molecule has 0 bridgehead atoms. The van der Waals surface area contributed by atoms with Crippen molar-refractivity contribution in [1.29, 1.82) is 0 Å². The van der Waals surface area contributed by atoms with E-state index in [0.717, 1.165) is 10.2 Å². The summed E-state index contributed by atoms with van der Waals surface area (Å²) >= 11 is 3.40. The molecule has 7 heteroatoms. The summed E-state index contributed by atoms with van der Waals surface area (Å²) in [5.41, 5.74) is 7.05. The molecule has 0 unspecified atom stereocenters. The maximum absolute atomic E-state index is 11.8. The van der Waals surface area contributed by atoms with Gasteiger partial charge >= 0.3 is 5.97 Å². The van der Waals surface area contributed by atoms with E-state index in [0.29, 0.717) is 17.3 Å². The molecule has 1 aromatic carbocycles. The Bertz CT molecular complexity index is 677. The van der Waals surface area contributed by atoms with Crippen molar-refractivity contribution in [2.75, 3.05) is 25.3 Å². The van der Waals surface area contributed by atoms with Crippen molar-refractivity contribution >= 4 is 39.1 Å². The molecule has 0 aliphatic rings. The van der Waals surface area contributed by atoms with Crippen molar-refractivity contribution < 1.29 is 14.3 Å². The summed E-state index contributed by atoms with van der Waals surface area (Å²) in [5, 5.41) is 3.05. The molecule has 0 spiro atoms. The molecule has 2 aromatic rings. The fourth-order valence-corrected chi connectivity index (χ4v) is 2.27. The van der Waals surface area contributed by atoms with Crippen molar-refractivity contribution in [2.24, 2.45) is 0 Å². The summed E-state index contributed by atoms with van der Waals surface area (Å²) in [6.45, 7) is 0. The molecule has 6 nitrogen and oxygen atoms in total. The van der Waals surface area contributed by atoms with E-state index in [1.807, 2.05) is 12.1 Å². The van der Waals surface area contributed by atoms with Crippen LogP contribution < -0.4 is 15.8 Å². The van der Waals surface area contributed by atoms with Gasteiger partial charge in [0.05, 0.1) is 30.6 Å². The van der Waals surface area contributed by atoms with Crippen LogP contribution in [-0.4, -0.2) is 25.2 Å². The topological polar surface area (TPSA) is 86.5 Å². The number of methoxy groups -OCH3 is 2. The summed E-state index contributed by atoms with van der Waals surface area (Å²) in [6.07, 6.45) is 1.47. The number of nitrogen functional groups attached to an aromatic ring is 1. The molecule has 1 aromatic heterocycles. The van der Waals surface area contributed by atoms with E-state index in [1.165, 1.54) is 19.4 Å². The van der Waals surface area contributed by atoms with Crippen LogP contribution in [0.15, 0.2) is 34.9 Å². The number of nitrogens with one attached hydrogen (secondary N) is 1. The van der Waals surface area contributed by atoms with Gasteiger partial charge in [-0.3, -0.25) is 0 Å². The van der Waals surface area contributed by atoms with Crippen molar-refractivity contribution in [1.82, 2.24) is 4.98 Å². The Balaban J connectivity index is 2.35. The molecule has 0 amide bonds. The van der Waals surface area contributed by atoms with Crippen LogP contribution in [0.1, 0.15) is 10.4 Å². The summed E-state index contributed by atoms with van der Waals surface area (Å²) in [7, 11) is 2.89. The molecule has 2 rings (SSSR count). The van der Waals surface area contributed by atoms with Crippen LogP contribution in [0, 0.1) is 0 Å². The van der Waals surface area contributed by atoms with Gasteiger partial charge in [0.2, 0.25) is 0 Å². The first-order chi connectivity index (χ1) is 10.0. The minimum absolute atomic E-state index is 0.268. The molecule has 1 heterocycles. The Morgan fingerprint density at radius 3 is 2.71 bits per heavy atom. The number of carbonyl (C=O) groups excluding carboxylic acids is 1. The molecule has 3 N–H and O–H groups in total. The maximum Gasteiger partial charge on any atom is 0.341 e. The normalized spacial score (nSPS) is 10.0. The van der Waals surface area contributed by atoms with Crippen molar-refractivity contribution in [3.05, 3.63) is 40.5 Å². The number of pyridine rings is 1. The Morgan fingerprint density at radius 2 is 2.10 bits per heavy atom. The minimum Gasteiger partial charge on any atom is -0.496 e. The fourth-order valence-electron chi connectivity index (χ4n) is 1.73. The Labute approximate surface area is 130 Å². The fraction of sp³-hybridized carbons (Fsp3) is 0.143. The quantitative estimate of drug-likeness (QED) is 0.823. The van der Waals surface area contributed by atoms with E-state index in [2.05, 4.69) is 26.2 Å². The number of hydrogen-bond donors (Lipinski definition) is 2.